The highest BCUT2D eigenvalue weighted by Crippen LogP contribution is 2.32. The molecule has 0 aliphatic heterocycles. The average molecular weight is 312 g/mol. The van der Waals surface area contributed by atoms with Gasteiger partial charge in [-0.05, 0) is 31.8 Å². The first kappa shape index (κ1) is 16.8. The zero-order valence-electron chi connectivity index (χ0n) is 13.5. The van der Waals surface area contributed by atoms with Crippen molar-refractivity contribution in [3.8, 4) is 5.75 Å². The fraction of sp³-hybridized carbons (Fsp3) is 0.500. The van der Waals surface area contributed by atoms with E-state index in [2.05, 4.69) is 44.3 Å². The van der Waals surface area contributed by atoms with Gasteiger partial charge >= 0.3 is 5.97 Å². The first-order chi connectivity index (χ1) is 9.03. The Morgan fingerprint density at radius 3 is 2.15 bits per heavy atom. The SMILES string of the molecule is COC(=O)c1cccc(O[Si](C)(C)C)c1N[Si](C)(C)C. The largest absolute Gasteiger partial charge is 0.543 e. The molecule has 20 heavy (non-hydrogen) atoms. The Kier molecular flexibility index (Phi) is 5.04. The minimum absolute atomic E-state index is 0.341. The molecule has 0 atom stereocenters. The lowest BCUT2D eigenvalue weighted by molar-refractivity contribution is 0.0601. The van der Waals surface area contributed by atoms with Crippen LogP contribution >= 0.6 is 0 Å². The molecule has 0 bridgehead atoms. The summed E-state index contributed by atoms with van der Waals surface area (Å²) in [6.07, 6.45) is 0. The Morgan fingerprint density at radius 1 is 1.10 bits per heavy atom. The molecule has 0 saturated heterocycles. The van der Waals surface area contributed by atoms with Crippen LogP contribution in [-0.4, -0.2) is 29.6 Å². The quantitative estimate of drug-likeness (QED) is 0.661. The summed E-state index contributed by atoms with van der Waals surface area (Å²) >= 11 is 0. The van der Waals surface area contributed by atoms with Gasteiger partial charge in [-0.2, -0.15) is 0 Å². The van der Waals surface area contributed by atoms with Crippen LogP contribution in [0.15, 0.2) is 18.2 Å². The Labute approximate surface area is 123 Å². The molecule has 0 aromatic heterocycles. The number of rotatable bonds is 5. The molecule has 0 fully saturated rings. The number of ether oxygens (including phenoxy) is 1. The number of para-hydroxylation sites is 1. The van der Waals surface area contributed by atoms with Gasteiger partial charge in [0, 0.05) is 0 Å². The van der Waals surface area contributed by atoms with Crippen LogP contribution in [-0.2, 0) is 4.74 Å². The van der Waals surface area contributed by atoms with E-state index >= 15 is 0 Å². The van der Waals surface area contributed by atoms with E-state index < -0.39 is 16.6 Å². The van der Waals surface area contributed by atoms with Crippen molar-refractivity contribution in [3.63, 3.8) is 0 Å². The summed E-state index contributed by atoms with van der Waals surface area (Å²) in [5.41, 5.74) is 1.30. The molecule has 0 radical (unpaired) electrons. The number of nitrogens with one attached hydrogen (secondary N) is 1. The van der Waals surface area contributed by atoms with Crippen molar-refractivity contribution in [2.45, 2.75) is 39.3 Å². The first-order valence-electron chi connectivity index (χ1n) is 6.72. The van der Waals surface area contributed by atoms with Crippen LogP contribution in [0.2, 0.25) is 39.3 Å². The fourth-order valence-corrected chi connectivity index (χ4v) is 3.57. The normalized spacial score (nSPS) is 11.9. The lowest BCUT2D eigenvalue weighted by atomic mass is 10.1. The zero-order chi connectivity index (χ0) is 15.6. The van der Waals surface area contributed by atoms with E-state index in [1.165, 1.54) is 7.11 Å². The maximum atomic E-state index is 11.9. The predicted molar refractivity (Wildman–Crippen MR) is 88.7 cm³/mol. The van der Waals surface area contributed by atoms with Crippen LogP contribution in [0, 0.1) is 0 Å². The highest BCUT2D eigenvalue weighted by Gasteiger charge is 2.25. The molecule has 112 valence electrons. The van der Waals surface area contributed by atoms with Crippen molar-refractivity contribution in [1.82, 2.24) is 0 Å². The summed E-state index contributed by atoms with van der Waals surface area (Å²) < 4.78 is 11.0. The van der Waals surface area contributed by atoms with Crippen LogP contribution in [0.1, 0.15) is 10.4 Å². The summed E-state index contributed by atoms with van der Waals surface area (Å²) in [5, 5.41) is 0. The summed E-state index contributed by atoms with van der Waals surface area (Å²) in [5.74, 6) is 0.404. The smallest absolute Gasteiger partial charge is 0.340 e. The molecule has 1 aromatic carbocycles. The monoisotopic (exact) mass is 311 g/mol. The predicted octanol–water partition coefficient (Wildman–Crippen LogP) is 3.93. The van der Waals surface area contributed by atoms with Gasteiger partial charge in [-0.3, -0.25) is 0 Å². The number of anilines is 1. The van der Waals surface area contributed by atoms with Gasteiger partial charge in [0.2, 0.25) is 8.32 Å². The summed E-state index contributed by atoms with van der Waals surface area (Å²) in [4.78, 5) is 15.4. The molecule has 1 rings (SSSR count). The van der Waals surface area contributed by atoms with Crippen LogP contribution in [0.5, 0.6) is 5.75 Å². The van der Waals surface area contributed by atoms with Crippen molar-refractivity contribution in [2.24, 2.45) is 0 Å². The molecule has 4 nitrogen and oxygen atoms in total. The van der Waals surface area contributed by atoms with Crippen LogP contribution in [0.3, 0.4) is 0 Å². The van der Waals surface area contributed by atoms with Gasteiger partial charge < -0.3 is 14.1 Å². The third-order valence-electron chi connectivity index (χ3n) is 2.35. The number of benzene rings is 1. The van der Waals surface area contributed by atoms with Crippen molar-refractivity contribution in [3.05, 3.63) is 23.8 Å². The van der Waals surface area contributed by atoms with E-state index in [1.54, 1.807) is 6.07 Å². The molecule has 6 heteroatoms. The van der Waals surface area contributed by atoms with Gasteiger partial charge in [0.1, 0.15) is 14.0 Å². The minimum Gasteiger partial charge on any atom is -0.543 e. The van der Waals surface area contributed by atoms with Crippen molar-refractivity contribution in [2.75, 3.05) is 12.1 Å². The van der Waals surface area contributed by atoms with Crippen LogP contribution in [0.25, 0.3) is 0 Å². The number of methoxy groups -OCH3 is 1. The van der Waals surface area contributed by atoms with Crippen molar-refractivity contribution >= 4 is 28.2 Å². The molecule has 0 saturated carbocycles. The molecule has 0 amide bonds. The molecular weight excluding hydrogens is 286 g/mol. The Bertz CT molecular complexity index is 490. The Balaban J connectivity index is 3.32. The molecule has 0 unspecified atom stereocenters. The maximum Gasteiger partial charge on any atom is 0.340 e. The second kappa shape index (κ2) is 6.01. The van der Waals surface area contributed by atoms with E-state index in [1.807, 2.05) is 12.1 Å². The van der Waals surface area contributed by atoms with Gasteiger partial charge in [0.25, 0.3) is 0 Å². The van der Waals surface area contributed by atoms with Crippen LogP contribution in [0.4, 0.5) is 5.69 Å². The van der Waals surface area contributed by atoms with E-state index in [0.29, 0.717) is 5.56 Å². The van der Waals surface area contributed by atoms with Gasteiger partial charge in [-0.15, -0.1) is 0 Å². The number of esters is 1. The molecule has 1 N–H and O–H groups in total. The molecule has 0 heterocycles. The second-order valence-electron chi connectivity index (χ2n) is 6.76. The minimum atomic E-state index is -1.75. The lowest BCUT2D eigenvalue weighted by Crippen LogP contribution is -2.35. The van der Waals surface area contributed by atoms with E-state index in [4.69, 9.17) is 9.16 Å². The summed E-state index contributed by atoms with van der Waals surface area (Å²) in [6.45, 7) is 12.9. The second-order valence-corrected chi connectivity index (χ2v) is 15.9. The van der Waals surface area contributed by atoms with E-state index in [9.17, 15) is 4.79 Å². The number of carbonyl (C=O) groups is 1. The average Bonchev–Trinajstić information content (AvgIpc) is 2.26. The number of carbonyl (C=O) groups excluding carboxylic acids is 1. The number of hydrogen-bond acceptors (Lipinski definition) is 4. The third kappa shape index (κ3) is 5.01. The molecule has 1 aromatic rings. The summed E-state index contributed by atoms with van der Waals surface area (Å²) in [7, 11) is -1.97. The standard InChI is InChI=1S/C14H25NO3Si2/c1-17-14(16)11-9-8-10-12(18-20(5,6)7)13(11)15-19(2,3)4/h8-10,15H,1-7H3. The third-order valence-corrected chi connectivity index (χ3v) is 4.18. The first-order valence-corrected chi connectivity index (χ1v) is 13.6. The highest BCUT2D eigenvalue weighted by molar-refractivity contribution is 6.79. The van der Waals surface area contributed by atoms with E-state index in [0.717, 1.165) is 11.4 Å². The highest BCUT2D eigenvalue weighted by atomic mass is 28.4. The Hall–Kier alpha value is -1.28. The summed E-state index contributed by atoms with van der Waals surface area (Å²) in [6, 6.07) is 5.51. The fourth-order valence-electron chi connectivity index (χ4n) is 1.73. The molecule has 0 spiro atoms. The topological polar surface area (TPSA) is 47.6 Å². The zero-order valence-corrected chi connectivity index (χ0v) is 15.5. The van der Waals surface area contributed by atoms with Gasteiger partial charge in [0.15, 0.2) is 0 Å². The number of hydrogen-bond donors (Lipinski definition) is 1. The molecule has 0 aliphatic carbocycles. The van der Waals surface area contributed by atoms with Crippen LogP contribution < -0.4 is 9.41 Å². The maximum absolute atomic E-state index is 11.9. The van der Waals surface area contributed by atoms with Crippen molar-refractivity contribution < 1.29 is 14.0 Å². The lowest BCUT2D eigenvalue weighted by Gasteiger charge is -2.27. The molecule has 0 aliphatic rings. The van der Waals surface area contributed by atoms with Gasteiger partial charge in [-0.25, -0.2) is 4.79 Å². The van der Waals surface area contributed by atoms with Crippen molar-refractivity contribution in [1.29, 1.82) is 0 Å². The Morgan fingerprint density at radius 2 is 1.70 bits per heavy atom. The van der Waals surface area contributed by atoms with E-state index in [-0.39, 0.29) is 5.97 Å². The van der Waals surface area contributed by atoms with Gasteiger partial charge in [-0.1, -0.05) is 25.7 Å². The molecular formula is C14H25NO3Si2. The van der Waals surface area contributed by atoms with Gasteiger partial charge in [0.05, 0.1) is 18.4 Å².